The predicted octanol–water partition coefficient (Wildman–Crippen LogP) is 3.81. The lowest BCUT2D eigenvalue weighted by atomic mass is 9.90. The lowest BCUT2D eigenvalue weighted by Crippen LogP contribution is -2.42. The maximum atomic E-state index is 13.0. The highest BCUT2D eigenvalue weighted by Crippen LogP contribution is 2.44. The number of hydrogen-bond acceptors (Lipinski definition) is 4. The van der Waals surface area contributed by atoms with Gasteiger partial charge in [0, 0.05) is 38.4 Å². The van der Waals surface area contributed by atoms with Crippen molar-refractivity contribution in [3.63, 3.8) is 0 Å². The van der Waals surface area contributed by atoms with Gasteiger partial charge >= 0.3 is 0 Å². The van der Waals surface area contributed by atoms with Crippen LogP contribution in [0.5, 0.6) is 11.5 Å². The Morgan fingerprint density at radius 1 is 1.09 bits per heavy atom. The zero-order valence-electron chi connectivity index (χ0n) is 18.9. The van der Waals surface area contributed by atoms with Gasteiger partial charge < -0.3 is 19.7 Å². The molecular formula is C26H34N2O4. The van der Waals surface area contributed by atoms with Crippen molar-refractivity contribution in [2.24, 2.45) is 23.7 Å². The summed E-state index contributed by atoms with van der Waals surface area (Å²) in [6.07, 6.45) is 12.0. The highest BCUT2D eigenvalue weighted by atomic mass is 16.5. The first-order valence-electron chi connectivity index (χ1n) is 12.2. The van der Waals surface area contributed by atoms with Crippen LogP contribution in [-0.4, -0.2) is 49.6 Å². The number of piperidine rings is 1. The van der Waals surface area contributed by atoms with Crippen LogP contribution in [0, 0.1) is 23.7 Å². The summed E-state index contributed by atoms with van der Waals surface area (Å²) < 4.78 is 11.6. The molecule has 3 aliphatic carbocycles. The number of hydrogen-bond donors (Lipinski definition) is 1. The topological polar surface area (TPSA) is 67.9 Å². The molecule has 3 fully saturated rings. The van der Waals surface area contributed by atoms with Crippen molar-refractivity contribution in [3.8, 4) is 11.5 Å². The largest absolute Gasteiger partial charge is 0.497 e. The van der Waals surface area contributed by atoms with Crippen molar-refractivity contribution in [2.45, 2.75) is 51.0 Å². The third-order valence-corrected chi connectivity index (χ3v) is 7.62. The second-order valence-electron chi connectivity index (χ2n) is 9.86. The van der Waals surface area contributed by atoms with E-state index in [1.165, 1.54) is 12.8 Å². The van der Waals surface area contributed by atoms with Crippen LogP contribution in [0.4, 0.5) is 0 Å². The van der Waals surface area contributed by atoms with Crippen molar-refractivity contribution in [3.05, 3.63) is 35.9 Å². The van der Waals surface area contributed by atoms with Crippen LogP contribution in [-0.2, 0) is 4.79 Å². The van der Waals surface area contributed by atoms with Crippen LogP contribution in [0.3, 0.4) is 0 Å². The molecule has 2 bridgehead atoms. The molecule has 1 aromatic carbocycles. The molecule has 172 valence electrons. The molecule has 1 aromatic rings. The molecule has 0 aromatic heterocycles. The van der Waals surface area contributed by atoms with E-state index in [4.69, 9.17) is 9.47 Å². The summed E-state index contributed by atoms with van der Waals surface area (Å²) in [5, 5.41) is 3.10. The SMILES string of the molecule is COc1ccc(OC2CCN(C(=O)C3CC3)CC2)c(C(=O)NCC[C@@H]2C[C@@H]3C=C[C@H]2C3)c1. The zero-order valence-corrected chi connectivity index (χ0v) is 18.9. The first-order chi connectivity index (χ1) is 15.6. The maximum Gasteiger partial charge on any atom is 0.255 e. The summed E-state index contributed by atoms with van der Waals surface area (Å²) in [4.78, 5) is 27.3. The van der Waals surface area contributed by atoms with E-state index in [-0.39, 0.29) is 17.9 Å². The molecule has 6 heteroatoms. The van der Waals surface area contributed by atoms with Gasteiger partial charge in [-0.1, -0.05) is 12.2 Å². The number of rotatable bonds is 8. The van der Waals surface area contributed by atoms with Crippen LogP contribution in [0.15, 0.2) is 30.4 Å². The Balaban J connectivity index is 1.17. The quantitative estimate of drug-likeness (QED) is 0.627. The molecule has 6 nitrogen and oxygen atoms in total. The molecule has 32 heavy (non-hydrogen) atoms. The average Bonchev–Trinajstić information content (AvgIpc) is 3.46. The van der Waals surface area contributed by atoms with E-state index in [9.17, 15) is 9.59 Å². The van der Waals surface area contributed by atoms with Crippen molar-refractivity contribution in [1.29, 1.82) is 0 Å². The molecule has 2 saturated carbocycles. The number of carbonyl (C=O) groups is 2. The number of nitrogens with one attached hydrogen (secondary N) is 1. The fraction of sp³-hybridized carbons (Fsp3) is 0.615. The smallest absolute Gasteiger partial charge is 0.255 e. The molecule has 4 aliphatic rings. The van der Waals surface area contributed by atoms with E-state index in [0.29, 0.717) is 41.4 Å². The van der Waals surface area contributed by atoms with Crippen LogP contribution in [0.25, 0.3) is 0 Å². The third-order valence-electron chi connectivity index (χ3n) is 7.62. The highest BCUT2D eigenvalue weighted by Gasteiger charge is 2.36. The first-order valence-corrected chi connectivity index (χ1v) is 12.2. The molecule has 5 rings (SSSR count). The van der Waals surface area contributed by atoms with Crippen molar-refractivity contribution in [1.82, 2.24) is 10.2 Å². The Bertz CT molecular complexity index is 886. The molecule has 1 N–H and O–H groups in total. The lowest BCUT2D eigenvalue weighted by Gasteiger charge is -2.32. The molecule has 0 radical (unpaired) electrons. The number of ether oxygens (including phenoxy) is 2. The summed E-state index contributed by atoms with van der Waals surface area (Å²) in [7, 11) is 1.60. The van der Waals surface area contributed by atoms with E-state index in [2.05, 4.69) is 17.5 Å². The summed E-state index contributed by atoms with van der Waals surface area (Å²) in [6.45, 7) is 2.14. The first kappa shape index (κ1) is 21.4. The maximum absolute atomic E-state index is 13.0. The second-order valence-corrected chi connectivity index (χ2v) is 9.86. The predicted molar refractivity (Wildman–Crippen MR) is 122 cm³/mol. The normalized spacial score (nSPS) is 26.9. The van der Waals surface area contributed by atoms with Crippen LogP contribution in [0.2, 0.25) is 0 Å². The van der Waals surface area contributed by atoms with Gasteiger partial charge in [-0.3, -0.25) is 9.59 Å². The van der Waals surface area contributed by atoms with E-state index >= 15 is 0 Å². The minimum absolute atomic E-state index is 0.0130. The van der Waals surface area contributed by atoms with Gasteiger partial charge in [0.15, 0.2) is 0 Å². The van der Waals surface area contributed by atoms with E-state index in [1.807, 2.05) is 17.0 Å². The molecule has 3 atom stereocenters. The van der Waals surface area contributed by atoms with Gasteiger partial charge in [-0.25, -0.2) is 0 Å². The Morgan fingerprint density at radius 3 is 2.56 bits per heavy atom. The number of fused-ring (bicyclic) bond motifs is 2. The standard InChI is InChI=1S/C26H34N2O4/c1-31-22-6-7-24(32-21-9-12-28(13-10-21)26(30)18-4-5-18)23(16-22)25(29)27-11-8-20-15-17-2-3-19(20)14-17/h2-3,6-7,16-21H,4-5,8-15H2,1H3,(H,27,29)/t17-,19+,20-/m1/s1. The van der Waals surface area contributed by atoms with E-state index in [0.717, 1.165) is 51.1 Å². The fourth-order valence-corrected chi connectivity index (χ4v) is 5.57. The second kappa shape index (κ2) is 9.16. The minimum Gasteiger partial charge on any atom is -0.497 e. The fourth-order valence-electron chi connectivity index (χ4n) is 5.57. The molecule has 0 spiro atoms. The molecule has 1 saturated heterocycles. The Kier molecular flexibility index (Phi) is 6.11. The van der Waals surface area contributed by atoms with Gasteiger partial charge in [0.1, 0.15) is 17.6 Å². The van der Waals surface area contributed by atoms with Gasteiger partial charge in [0.05, 0.1) is 12.7 Å². The molecule has 1 aliphatic heterocycles. The number of amides is 2. The van der Waals surface area contributed by atoms with Crippen LogP contribution in [0.1, 0.15) is 55.3 Å². The number of carbonyl (C=O) groups excluding carboxylic acids is 2. The van der Waals surface area contributed by atoms with E-state index in [1.54, 1.807) is 13.2 Å². The van der Waals surface area contributed by atoms with Crippen molar-refractivity contribution < 1.29 is 19.1 Å². The number of likely N-dealkylation sites (tertiary alicyclic amines) is 1. The van der Waals surface area contributed by atoms with E-state index < -0.39 is 0 Å². The van der Waals surface area contributed by atoms with Gasteiger partial charge in [0.2, 0.25) is 5.91 Å². The third kappa shape index (κ3) is 4.64. The summed E-state index contributed by atoms with van der Waals surface area (Å²) in [5.41, 5.74) is 0.522. The number of benzene rings is 1. The number of allylic oxidation sites excluding steroid dienone is 2. The molecule has 2 amide bonds. The molecular weight excluding hydrogens is 404 g/mol. The van der Waals surface area contributed by atoms with Gasteiger partial charge in [-0.15, -0.1) is 0 Å². The monoisotopic (exact) mass is 438 g/mol. The molecule has 0 unspecified atom stereocenters. The average molecular weight is 439 g/mol. The zero-order chi connectivity index (χ0) is 22.1. The van der Waals surface area contributed by atoms with Crippen molar-refractivity contribution >= 4 is 11.8 Å². The highest BCUT2D eigenvalue weighted by molar-refractivity contribution is 5.97. The number of nitrogens with zero attached hydrogens (tertiary/aromatic N) is 1. The van der Waals surface area contributed by atoms with Crippen molar-refractivity contribution in [2.75, 3.05) is 26.7 Å². The summed E-state index contributed by atoms with van der Waals surface area (Å²) >= 11 is 0. The minimum atomic E-state index is -0.112. The number of methoxy groups -OCH3 is 1. The lowest BCUT2D eigenvalue weighted by molar-refractivity contribution is -0.134. The Hall–Kier alpha value is -2.50. The Morgan fingerprint density at radius 2 is 1.91 bits per heavy atom. The van der Waals surface area contributed by atoms with Crippen LogP contribution >= 0.6 is 0 Å². The van der Waals surface area contributed by atoms with Gasteiger partial charge in [0.25, 0.3) is 5.91 Å². The summed E-state index contributed by atoms with van der Waals surface area (Å²) in [6, 6.07) is 5.42. The summed E-state index contributed by atoms with van der Waals surface area (Å²) in [5.74, 6) is 3.84. The van der Waals surface area contributed by atoms with Gasteiger partial charge in [-0.05, 0) is 68.1 Å². The Labute approximate surface area is 190 Å². The van der Waals surface area contributed by atoms with Gasteiger partial charge in [-0.2, -0.15) is 0 Å². The van der Waals surface area contributed by atoms with Crippen LogP contribution < -0.4 is 14.8 Å². The molecule has 1 heterocycles.